The summed E-state index contributed by atoms with van der Waals surface area (Å²) in [6.45, 7) is 0.0112. The topological polar surface area (TPSA) is 99.8 Å². The Balaban J connectivity index is 1.59. The molecule has 0 aliphatic carbocycles. The molecule has 0 saturated heterocycles. The van der Waals surface area contributed by atoms with Gasteiger partial charge in [0, 0.05) is 10.6 Å². The van der Waals surface area contributed by atoms with Gasteiger partial charge >= 0.3 is 0 Å². The van der Waals surface area contributed by atoms with Crippen molar-refractivity contribution in [3.63, 3.8) is 0 Å². The van der Waals surface area contributed by atoms with Gasteiger partial charge in [0.2, 0.25) is 0 Å². The zero-order chi connectivity index (χ0) is 19.8. The van der Waals surface area contributed by atoms with E-state index in [1.165, 1.54) is 42.7 Å². The quantitative estimate of drug-likeness (QED) is 0.517. The van der Waals surface area contributed by atoms with Crippen molar-refractivity contribution >= 4 is 35.0 Å². The van der Waals surface area contributed by atoms with Crippen molar-refractivity contribution < 1.29 is 23.9 Å². The van der Waals surface area contributed by atoms with E-state index in [2.05, 4.69) is 5.32 Å². The molecule has 3 amide bonds. The minimum absolute atomic E-state index is 0.0112. The zero-order valence-electron chi connectivity index (χ0n) is 14.3. The summed E-state index contributed by atoms with van der Waals surface area (Å²) in [5.41, 5.74) is 0.664. The monoisotopic (exact) mass is 396 g/mol. The maximum Gasteiger partial charge on any atom is 0.261 e. The van der Waals surface area contributed by atoms with Crippen molar-refractivity contribution in [3.05, 3.63) is 82.3 Å². The highest BCUT2D eigenvalue weighted by molar-refractivity contribution is 6.31. The van der Waals surface area contributed by atoms with Gasteiger partial charge in [0.05, 0.1) is 29.6 Å². The molecule has 2 heterocycles. The van der Waals surface area contributed by atoms with Crippen LogP contribution in [0.1, 0.15) is 36.8 Å². The molecular formula is C20H13ClN2O5. The maximum atomic E-state index is 12.6. The Bertz CT molecular complexity index is 1110. The first kappa shape index (κ1) is 17.8. The minimum Gasteiger partial charge on any atom is -0.506 e. The van der Waals surface area contributed by atoms with Crippen LogP contribution in [0.3, 0.4) is 0 Å². The summed E-state index contributed by atoms with van der Waals surface area (Å²) in [5, 5.41) is 12.7. The van der Waals surface area contributed by atoms with Crippen molar-refractivity contribution in [1.29, 1.82) is 0 Å². The summed E-state index contributed by atoms with van der Waals surface area (Å²) >= 11 is 5.87. The minimum atomic E-state index is -0.551. The average molecular weight is 397 g/mol. The molecule has 0 fully saturated rings. The third-order valence-corrected chi connectivity index (χ3v) is 4.57. The van der Waals surface area contributed by atoms with E-state index in [0.29, 0.717) is 10.8 Å². The number of anilines is 1. The molecule has 2 N–H and O–H groups in total. The molecule has 0 unspecified atom stereocenters. The molecular weight excluding hydrogens is 384 g/mol. The molecule has 28 heavy (non-hydrogen) atoms. The Labute approximate surface area is 164 Å². The fourth-order valence-corrected chi connectivity index (χ4v) is 3.11. The number of nitrogens with one attached hydrogen (secondary N) is 1. The zero-order valence-corrected chi connectivity index (χ0v) is 15.1. The molecule has 0 radical (unpaired) electrons. The van der Waals surface area contributed by atoms with E-state index in [1.54, 1.807) is 12.1 Å². The van der Waals surface area contributed by atoms with Gasteiger partial charge < -0.3 is 14.8 Å². The van der Waals surface area contributed by atoms with Crippen LogP contribution in [0.25, 0.3) is 0 Å². The van der Waals surface area contributed by atoms with E-state index in [-0.39, 0.29) is 34.7 Å². The number of phenolic OH excluding ortho intramolecular Hbond substituents is 1. The Morgan fingerprint density at radius 2 is 1.86 bits per heavy atom. The highest BCUT2D eigenvalue weighted by atomic mass is 35.5. The van der Waals surface area contributed by atoms with Gasteiger partial charge in [0.25, 0.3) is 17.7 Å². The van der Waals surface area contributed by atoms with Crippen molar-refractivity contribution in [2.24, 2.45) is 0 Å². The molecule has 0 saturated carbocycles. The lowest BCUT2D eigenvalue weighted by atomic mass is 10.1. The van der Waals surface area contributed by atoms with Gasteiger partial charge in [-0.05, 0) is 48.5 Å². The second kappa shape index (κ2) is 6.86. The average Bonchev–Trinajstić information content (AvgIpc) is 3.27. The first-order chi connectivity index (χ1) is 13.4. The van der Waals surface area contributed by atoms with E-state index >= 15 is 0 Å². The Hall–Kier alpha value is -3.58. The van der Waals surface area contributed by atoms with Gasteiger partial charge in [-0.3, -0.25) is 19.3 Å². The number of hydrogen-bond donors (Lipinski definition) is 2. The molecule has 0 bridgehead atoms. The first-order valence-corrected chi connectivity index (χ1v) is 8.64. The maximum absolute atomic E-state index is 12.6. The molecule has 0 spiro atoms. The number of benzene rings is 2. The molecule has 1 aliphatic rings. The number of carbonyl (C=O) groups is 3. The molecule has 1 aromatic heterocycles. The highest BCUT2D eigenvalue weighted by Gasteiger charge is 2.36. The summed E-state index contributed by atoms with van der Waals surface area (Å²) in [5.74, 6) is -1.17. The highest BCUT2D eigenvalue weighted by Crippen LogP contribution is 2.29. The first-order valence-electron chi connectivity index (χ1n) is 8.26. The number of aromatic hydroxyl groups is 1. The molecule has 8 heteroatoms. The van der Waals surface area contributed by atoms with Crippen LogP contribution in [-0.2, 0) is 6.54 Å². The number of imide groups is 1. The third kappa shape index (κ3) is 3.12. The van der Waals surface area contributed by atoms with Gasteiger partial charge in [0.1, 0.15) is 11.5 Å². The largest absolute Gasteiger partial charge is 0.506 e. The Morgan fingerprint density at radius 1 is 1.07 bits per heavy atom. The summed E-state index contributed by atoms with van der Waals surface area (Å²) in [6.07, 6.45) is 1.46. The van der Waals surface area contributed by atoms with Crippen molar-refractivity contribution in [2.75, 3.05) is 5.32 Å². The van der Waals surface area contributed by atoms with Gasteiger partial charge in [-0.2, -0.15) is 0 Å². The number of halogens is 1. The van der Waals surface area contributed by atoms with Crippen LogP contribution in [0, 0.1) is 0 Å². The van der Waals surface area contributed by atoms with Crippen LogP contribution in [0.5, 0.6) is 5.75 Å². The van der Waals surface area contributed by atoms with Gasteiger partial charge in [0.15, 0.2) is 0 Å². The SMILES string of the molecule is O=C(Nc1cc(Cl)ccc1O)c1ccc2c(c1)C(=O)N(Cc1ccco1)C2=O. The van der Waals surface area contributed by atoms with Crippen molar-refractivity contribution in [1.82, 2.24) is 4.90 Å². The van der Waals surface area contributed by atoms with E-state index < -0.39 is 17.7 Å². The third-order valence-electron chi connectivity index (χ3n) is 4.33. The van der Waals surface area contributed by atoms with Crippen LogP contribution in [-0.4, -0.2) is 27.7 Å². The Morgan fingerprint density at radius 3 is 2.61 bits per heavy atom. The van der Waals surface area contributed by atoms with Crippen LogP contribution in [0.2, 0.25) is 5.02 Å². The van der Waals surface area contributed by atoms with Gasteiger partial charge in [-0.15, -0.1) is 0 Å². The second-order valence-electron chi connectivity index (χ2n) is 6.15. The lowest BCUT2D eigenvalue weighted by Crippen LogP contribution is -2.28. The van der Waals surface area contributed by atoms with Crippen molar-refractivity contribution in [3.8, 4) is 5.75 Å². The summed E-state index contributed by atoms with van der Waals surface area (Å²) in [4.78, 5) is 38.7. The van der Waals surface area contributed by atoms with E-state index in [4.69, 9.17) is 16.0 Å². The van der Waals surface area contributed by atoms with Crippen molar-refractivity contribution in [2.45, 2.75) is 6.54 Å². The lowest BCUT2D eigenvalue weighted by molar-refractivity contribution is 0.0631. The molecule has 7 nitrogen and oxygen atoms in total. The number of fused-ring (bicyclic) bond motifs is 1. The fourth-order valence-electron chi connectivity index (χ4n) is 2.94. The molecule has 2 aromatic carbocycles. The normalized spacial score (nSPS) is 13.0. The number of hydrogen-bond acceptors (Lipinski definition) is 5. The molecule has 0 atom stereocenters. The van der Waals surface area contributed by atoms with Crippen LogP contribution in [0.15, 0.2) is 59.2 Å². The molecule has 140 valence electrons. The predicted molar refractivity (Wildman–Crippen MR) is 100 cm³/mol. The standard InChI is InChI=1S/C20H13ClN2O5/c21-12-4-6-17(24)16(9-12)22-18(25)11-3-5-14-15(8-11)20(27)23(19(14)26)10-13-2-1-7-28-13/h1-9,24H,10H2,(H,22,25). The van der Waals surface area contributed by atoms with Gasteiger partial charge in [-0.1, -0.05) is 11.6 Å². The second-order valence-corrected chi connectivity index (χ2v) is 6.59. The predicted octanol–water partition coefficient (Wildman–Crippen LogP) is 3.69. The number of nitrogens with zero attached hydrogens (tertiary/aromatic N) is 1. The molecule has 4 rings (SSSR count). The van der Waals surface area contributed by atoms with Crippen LogP contribution >= 0.6 is 11.6 Å². The number of phenols is 1. The van der Waals surface area contributed by atoms with Crippen LogP contribution < -0.4 is 5.32 Å². The van der Waals surface area contributed by atoms with E-state index in [1.807, 2.05) is 0 Å². The lowest BCUT2D eigenvalue weighted by Gasteiger charge is -2.11. The van der Waals surface area contributed by atoms with Crippen LogP contribution in [0.4, 0.5) is 5.69 Å². The molecule has 3 aromatic rings. The summed E-state index contributed by atoms with van der Waals surface area (Å²) in [6, 6.07) is 11.8. The number of furan rings is 1. The fraction of sp³-hybridized carbons (Fsp3) is 0.0500. The molecule has 1 aliphatic heterocycles. The number of rotatable bonds is 4. The number of amides is 3. The van der Waals surface area contributed by atoms with E-state index in [9.17, 15) is 19.5 Å². The number of carbonyl (C=O) groups excluding carboxylic acids is 3. The Kier molecular flexibility index (Phi) is 4.37. The summed E-state index contributed by atoms with van der Waals surface area (Å²) < 4.78 is 5.20. The smallest absolute Gasteiger partial charge is 0.261 e. The van der Waals surface area contributed by atoms with E-state index in [0.717, 1.165) is 4.90 Å². The van der Waals surface area contributed by atoms with Gasteiger partial charge in [-0.25, -0.2) is 0 Å². The summed E-state index contributed by atoms with van der Waals surface area (Å²) in [7, 11) is 0.